The molecule has 3 rings (SSSR count). The molecule has 2 fully saturated rings. The maximum Gasteiger partial charge on any atom is 0.237 e. The van der Waals surface area contributed by atoms with Crippen LogP contribution in [0.1, 0.15) is 38.2 Å². The van der Waals surface area contributed by atoms with Crippen molar-refractivity contribution in [3.63, 3.8) is 0 Å². The third-order valence-electron chi connectivity index (χ3n) is 5.92. The lowest BCUT2D eigenvalue weighted by molar-refractivity contribution is -0.127. The lowest BCUT2D eigenvalue weighted by Crippen LogP contribution is -2.54. The summed E-state index contributed by atoms with van der Waals surface area (Å²) in [5.41, 5.74) is 1.14. The molecular formula is C21H33N3O3. The highest BCUT2D eigenvalue weighted by molar-refractivity contribution is 5.81. The minimum atomic E-state index is -0.0564. The summed E-state index contributed by atoms with van der Waals surface area (Å²) in [6.07, 6.45) is 4.75. The van der Waals surface area contributed by atoms with Crippen LogP contribution in [0.2, 0.25) is 0 Å². The van der Waals surface area contributed by atoms with Gasteiger partial charge in [0.25, 0.3) is 0 Å². The molecule has 1 aliphatic carbocycles. The van der Waals surface area contributed by atoms with Crippen molar-refractivity contribution in [3.05, 3.63) is 23.8 Å². The molecule has 1 aliphatic heterocycles. The summed E-state index contributed by atoms with van der Waals surface area (Å²) in [4.78, 5) is 17.2. The van der Waals surface area contributed by atoms with Crippen molar-refractivity contribution >= 4 is 5.91 Å². The number of methoxy groups -OCH3 is 2. The molecule has 6 nitrogen and oxygen atoms in total. The predicted octanol–water partition coefficient (Wildman–Crippen LogP) is 2.27. The normalized spacial score (nSPS) is 20.4. The largest absolute Gasteiger partial charge is 0.497 e. The fourth-order valence-corrected chi connectivity index (χ4v) is 4.11. The van der Waals surface area contributed by atoms with Crippen LogP contribution in [-0.2, 0) is 11.3 Å². The summed E-state index contributed by atoms with van der Waals surface area (Å²) in [5.74, 6) is 1.92. The smallest absolute Gasteiger partial charge is 0.237 e. The van der Waals surface area contributed by atoms with Crippen LogP contribution in [0.3, 0.4) is 0 Å². The van der Waals surface area contributed by atoms with Crippen LogP contribution in [-0.4, -0.2) is 68.2 Å². The molecule has 6 heteroatoms. The maximum absolute atomic E-state index is 12.5. The number of benzene rings is 1. The van der Waals surface area contributed by atoms with Crippen LogP contribution in [0.25, 0.3) is 0 Å². The van der Waals surface area contributed by atoms with Gasteiger partial charge in [-0.25, -0.2) is 0 Å². The summed E-state index contributed by atoms with van der Waals surface area (Å²) < 4.78 is 10.8. The van der Waals surface area contributed by atoms with Crippen LogP contribution in [0.5, 0.6) is 11.5 Å². The van der Waals surface area contributed by atoms with Crippen molar-refractivity contribution in [1.82, 2.24) is 15.1 Å². The molecule has 0 aromatic heterocycles. The molecule has 150 valence electrons. The quantitative estimate of drug-likeness (QED) is 0.792. The van der Waals surface area contributed by atoms with E-state index < -0.39 is 0 Å². The zero-order valence-electron chi connectivity index (χ0n) is 16.9. The van der Waals surface area contributed by atoms with E-state index in [0.717, 1.165) is 62.6 Å². The van der Waals surface area contributed by atoms with Crippen LogP contribution < -0.4 is 14.8 Å². The summed E-state index contributed by atoms with van der Waals surface area (Å²) in [6, 6.07) is 6.26. The molecule has 1 N–H and O–H groups in total. The van der Waals surface area contributed by atoms with Gasteiger partial charge in [-0.15, -0.1) is 0 Å². The lowest BCUT2D eigenvalue weighted by atomic mass is 10.1. The van der Waals surface area contributed by atoms with Gasteiger partial charge in [-0.3, -0.25) is 14.6 Å². The van der Waals surface area contributed by atoms with Gasteiger partial charge in [0.1, 0.15) is 11.5 Å². The highest BCUT2D eigenvalue weighted by Gasteiger charge is 2.28. The first-order chi connectivity index (χ1) is 13.1. The van der Waals surface area contributed by atoms with Gasteiger partial charge in [0.05, 0.1) is 20.3 Å². The van der Waals surface area contributed by atoms with E-state index in [0.29, 0.717) is 6.04 Å². The fraction of sp³-hybridized carbons (Fsp3) is 0.667. The van der Waals surface area contributed by atoms with Gasteiger partial charge in [0, 0.05) is 44.3 Å². The maximum atomic E-state index is 12.5. The lowest BCUT2D eigenvalue weighted by Gasteiger charge is -2.37. The number of hydrogen-bond acceptors (Lipinski definition) is 5. The Morgan fingerprint density at radius 2 is 1.85 bits per heavy atom. The van der Waals surface area contributed by atoms with Crippen molar-refractivity contribution in [3.8, 4) is 11.5 Å². The molecule has 1 aromatic carbocycles. The predicted molar refractivity (Wildman–Crippen MR) is 106 cm³/mol. The van der Waals surface area contributed by atoms with Gasteiger partial charge >= 0.3 is 0 Å². The molecule has 0 spiro atoms. The van der Waals surface area contributed by atoms with E-state index in [1.54, 1.807) is 14.2 Å². The molecule has 1 saturated heterocycles. The van der Waals surface area contributed by atoms with Crippen LogP contribution in [0.15, 0.2) is 18.2 Å². The van der Waals surface area contributed by atoms with E-state index in [-0.39, 0.29) is 11.9 Å². The monoisotopic (exact) mass is 375 g/mol. The van der Waals surface area contributed by atoms with Crippen molar-refractivity contribution in [2.75, 3.05) is 40.4 Å². The highest BCUT2D eigenvalue weighted by atomic mass is 16.5. The third-order valence-corrected chi connectivity index (χ3v) is 5.92. The number of hydrogen-bond donors (Lipinski definition) is 1. The van der Waals surface area contributed by atoms with E-state index >= 15 is 0 Å². The van der Waals surface area contributed by atoms with E-state index in [2.05, 4.69) is 15.1 Å². The van der Waals surface area contributed by atoms with Gasteiger partial charge in [-0.2, -0.15) is 0 Å². The SMILES string of the molecule is COc1ccc(OC)c(CN2CCN(C(C)C(=O)NC3CCCC3)CC2)c1. The van der Waals surface area contributed by atoms with Crippen LogP contribution >= 0.6 is 0 Å². The summed E-state index contributed by atoms with van der Waals surface area (Å²) >= 11 is 0. The Hall–Kier alpha value is -1.79. The second-order valence-corrected chi connectivity index (χ2v) is 7.66. The number of amides is 1. The van der Waals surface area contributed by atoms with Gasteiger partial charge in [0.15, 0.2) is 0 Å². The number of piperazine rings is 1. The van der Waals surface area contributed by atoms with E-state index in [9.17, 15) is 4.79 Å². The first-order valence-electron chi connectivity index (χ1n) is 10.1. The Morgan fingerprint density at radius 3 is 2.48 bits per heavy atom. The Bertz CT molecular complexity index is 623. The van der Waals surface area contributed by atoms with Gasteiger partial charge in [0.2, 0.25) is 5.91 Å². The fourth-order valence-electron chi connectivity index (χ4n) is 4.11. The highest BCUT2D eigenvalue weighted by Crippen LogP contribution is 2.26. The summed E-state index contributed by atoms with van der Waals surface area (Å²) in [5, 5.41) is 3.23. The molecule has 1 atom stereocenters. The number of nitrogens with zero attached hydrogens (tertiary/aromatic N) is 2. The zero-order valence-corrected chi connectivity index (χ0v) is 16.9. The van der Waals surface area contributed by atoms with Crippen LogP contribution in [0, 0.1) is 0 Å². The Labute approximate surface area is 162 Å². The second-order valence-electron chi connectivity index (χ2n) is 7.66. The van der Waals surface area contributed by atoms with E-state index in [1.165, 1.54) is 12.8 Å². The average molecular weight is 376 g/mol. The van der Waals surface area contributed by atoms with Gasteiger partial charge in [-0.1, -0.05) is 12.8 Å². The van der Waals surface area contributed by atoms with Crippen molar-refractivity contribution in [1.29, 1.82) is 0 Å². The molecule has 2 aliphatic rings. The molecule has 1 heterocycles. The Kier molecular flexibility index (Phi) is 6.96. The van der Waals surface area contributed by atoms with Gasteiger partial charge in [-0.05, 0) is 38.0 Å². The molecule has 1 aromatic rings. The molecule has 27 heavy (non-hydrogen) atoms. The zero-order chi connectivity index (χ0) is 19.2. The number of ether oxygens (including phenoxy) is 2. The first kappa shape index (κ1) is 20.0. The Morgan fingerprint density at radius 1 is 1.15 bits per heavy atom. The van der Waals surface area contributed by atoms with Crippen molar-refractivity contribution in [2.24, 2.45) is 0 Å². The number of rotatable bonds is 7. The van der Waals surface area contributed by atoms with Crippen LogP contribution in [0.4, 0.5) is 0 Å². The minimum Gasteiger partial charge on any atom is -0.497 e. The second kappa shape index (κ2) is 9.42. The minimum absolute atomic E-state index is 0.0564. The summed E-state index contributed by atoms with van der Waals surface area (Å²) in [6.45, 7) is 6.57. The molecule has 1 saturated carbocycles. The molecule has 0 bridgehead atoms. The van der Waals surface area contributed by atoms with Crippen molar-refractivity contribution in [2.45, 2.75) is 51.2 Å². The number of nitrogens with one attached hydrogen (secondary N) is 1. The average Bonchev–Trinajstić information content (AvgIpc) is 3.21. The molecular weight excluding hydrogens is 342 g/mol. The van der Waals surface area contributed by atoms with E-state index in [1.807, 2.05) is 25.1 Å². The summed E-state index contributed by atoms with van der Waals surface area (Å²) in [7, 11) is 3.39. The standard InChI is InChI=1S/C21H33N3O3/c1-16(21(25)22-18-6-4-5-7-18)24-12-10-23(11-13-24)15-17-14-19(26-2)8-9-20(17)27-3/h8-9,14,16,18H,4-7,10-13,15H2,1-3H3,(H,22,25). The Balaban J connectivity index is 1.50. The number of carbonyl (C=O) groups is 1. The third kappa shape index (κ3) is 5.14. The van der Waals surface area contributed by atoms with Crippen molar-refractivity contribution < 1.29 is 14.3 Å². The van der Waals surface area contributed by atoms with E-state index in [4.69, 9.17) is 9.47 Å². The molecule has 1 unspecified atom stereocenters. The molecule has 1 amide bonds. The topological polar surface area (TPSA) is 54.0 Å². The number of carbonyl (C=O) groups excluding carboxylic acids is 1. The first-order valence-corrected chi connectivity index (χ1v) is 10.1. The van der Waals surface area contributed by atoms with Gasteiger partial charge < -0.3 is 14.8 Å². The molecule has 0 radical (unpaired) electrons.